The summed E-state index contributed by atoms with van der Waals surface area (Å²) >= 11 is 2.33. The average molecular weight is 248 g/mol. The summed E-state index contributed by atoms with van der Waals surface area (Å²) in [6.07, 6.45) is 6.18. The summed E-state index contributed by atoms with van der Waals surface area (Å²) in [5.41, 5.74) is 2.53. The molecule has 0 N–H and O–H groups in total. The van der Waals surface area contributed by atoms with E-state index in [4.69, 9.17) is 0 Å². The van der Waals surface area contributed by atoms with Gasteiger partial charge in [-0.2, -0.15) is 0 Å². The molecular formula is C9H13I. The second-order valence-corrected chi connectivity index (χ2v) is 3.08. The van der Waals surface area contributed by atoms with Crippen LogP contribution < -0.4 is 0 Å². The Kier molecular flexibility index (Phi) is 5.69. The zero-order valence-corrected chi connectivity index (χ0v) is 8.68. The van der Waals surface area contributed by atoms with E-state index in [1.165, 1.54) is 11.1 Å². The second-order valence-electron chi connectivity index (χ2n) is 2.19. The van der Waals surface area contributed by atoms with E-state index < -0.39 is 0 Å². The van der Waals surface area contributed by atoms with Crippen LogP contribution in [0.1, 0.15) is 13.8 Å². The highest BCUT2D eigenvalue weighted by atomic mass is 127. The Morgan fingerprint density at radius 1 is 1.40 bits per heavy atom. The molecule has 0 aromatic rings. The van der Waals surface area contributed by atoms with Gasteiger partial charge in [0.25, 0.3) is 0 Å². The molecule has 0 amide bonds. The molecule has 0 saturated carbocycles. The van der Waals surface area contributed by atoms with Gasteiger partial charge in [-0.1, -0.05) is 58.5 Å². The lowest BCUT2D eigenvalue weighted by atomic mass is 10.2. The third-order valence-electron chi connectivity index (χ3n) is 1.18. The van der Waals surface area contributed by atoms with Crippen molar-refractivity contribution < 1.29 is 0 Å². The molecular weight excluding hydrogens is 235 g/mol. The van der Waals surface area contributed by atoms with Crippen molar-refractivity contribution >= 4 is 22.6 Å². The summed E-state index contributed by atoms with van der Waals surface area (Å²) in [5, 5.41) is 0. The molecule has 0 aromatic carbocycles. The molecule has 0 heterocycles. The normalized spacial score (nSPS) is 13.5. The molecule has 1 heteroatoms. The maximum atomic E-state index is 3.68. The quantitative estimate of drug-likeness (QED) is 0.407. The van der Waals surface area contributed by atoms with Crippen LogP contribution in [0.4, 0.5) is 0 Å². The van der Waals surface area contributed by atoms with Gasteiger partial charge in [0.05, 0.1) is 0 Å². The van der Waals surface area contributed by atoms with Crippen LogP contribution in [0.3, 0.4) is 0 Å². The van der Waals surface area contributed by atoms with Gasteiger partial charge in [0.2, 0.25) is 0 Å². The maximum absolute atomic E-state index is 3.68. The lowest BCUT2D eigenvalue weighted by molar-refractivity contribution is 1.42. The molecule has 0 aliphatic carbocycles. The molecule has 56 valence electrons. The first kappa shape index (κ1) is 9.95. The number of allylic oxidation sites excluding steroid dienone is 5. The number of rotatable bonds is 3. The molecule has 0 rings (SSSR count). The largest absolute Gasteiger partial charge is 0.0988 e. The number of alkyl halides is 1. The Morgan fingerprint density at radius 3 is 2.40 bits per heavy atom. The molecule has 0 unspecified atom stereocenters. The fraction of sp³-hybridized carbons (Fsp3) is 0.333. The first-order valence-electron chi connectivity index (χ1n) is 3.24. The van der Waals surface area contributed by atoms with E-state index in [1.54, 1.807) is 0 Å². The van der Waals surface area contributed by atoms with Crippen molar-refractivity contribution in [3.63, 3.8) is 0 Å². The third-order valence-corrected chi connectivity index (χ3v) is 1.62. The zero-order valence-electron chi connectivity index (χ0n) is 6.52. The Labute approximate surface area is 76.9 Å². The molecule has 0 atom stereocenters. The topological polar surface area (TPSA) is 0 Å². The predicted molar refractivity (Wildman–Crippen MR) is 56.6 cm³/mol. The first-order valence-corrected chi connectivity index (χ1v) is 4.76. The summed E-state index contributed by atoms with van der Waals surface area (Å²) in [7, 11) is 0. The van der Waals surface area contributed by atoms with Gasteiger partial charge in [-0.15, -0.1) is 0 Å². The molecule has 0 aromatic heterocycles. The Balaban J connectivity index is 4.11. The highest BCUT2D eigenvalue weighted by Gasteiger charge is 1.82. The predicted octanol–water partition coefficient (Wildman–Crippen LogP) is 3.50. The molecule has 0 saturated heterocycles. The summed E-state index contributed by atoms with van der Waals surface area (Å²) in [5.74, 6) is 0. The molecule has 0 aliphatic rings. The SMILES string of the molecule is C=C/C(C)=C\C(C)=C/CI. The van der Waals surface area contributed by atoms with Crippen molar-refractivity contribution in [1.29, 1.82) is 0 Å². The van der Waals surface area contributed by atoms with E-state index in [0.717, 1.165) is 4.43 Å². The van der Waals surface area contributed by atoms with E-state index in [9.17, 15) is 0 Å². The van der Waals surface area contributed by atoms with Crippen LogP contribution in [0.2, 0.25) is 0 Å². The number of hydrogen-bond donors (Lipinski definition) is 0. The van der Waals surface area contributed by atoms with Crippen molar-refractivity contribution in [2.24, 2.45) is 0 Å². The van der Waals surface area contributed by atoms with Crippen molar-refractivity contribution in [2.75, 3.05) is 4.43 Å². The standard InChI is InChI=1S/C9H13I/c1-4-8(2)7-9(3)5-6-10/h4-5,7H,1,6H2,2-3H3/b8-7-,9-5-. The fourth-order valence-corrected chi connectivity index (χ4v) is 1.29. The summed E-state index contributed by atoms with van der Waals surface area (Å²) in [6, 6.07) is 0. The van der Waals surface area contributed by atoms with Gasteiger partial charge in [0, 0.05) is 4.43 Å². The average Bonchev–Trinajstić information content (AvgIpc) is 1.88. The molecule has 0 aliphatic heterocycles. The highest BCUT2D eigenvalue weighted by molar-refractivity contribution is 14.1. The monoisotopic (exact) mass is 248 g/mol. The van der Waals surface area contributed by atoms with Crippen LogP contribution in [-0.4, -0.2) is 4.43 Å². The Bertz CT molecular complexity index is 164. The minimum Gasteiger partial charge on any atom is -0.0988 e. The summed E-state index contributed by atoms with van der Waals surface area (Å²) in [6.45, 7) is 7.83. The molecule has 0 bridgehead atoms. The van der Waals surface area contributed by atoms with Crippen molar-refractivity contribution in [1.82, 2.24) is 0 Å². The van der Waals surface area contributed by atoms with Crippen molar-refractivity contribution in [3.8, 4) is 0 Å². The second kappa shape index (κ2) is 5.71. The Morgan fingerprint density at radius 2 is 2.00 bits per heavy atom. The lowest BCUT2D eigenvalue weighted by Crippen LogP contribution is -1.72. The van der Waals surface area contributed by atoms with Crippen LogP contribution in [0.5, 0.6) is 0 Å². The van der Waals surface area contributed by atoms with Gasteiger partial charge >= 0.3 is 0 Å². The van der Waals surface area contributed by atoms with E-state index in [2.05, 4.69) is 55.2 Å². The molecule has 0 spiro atoms. The summed E-state index contributed by atoms with van der Waals surface area (Å²) in [4.78, 5) is 0. The minimum absolute atomic E-state index is 1.07. The van der Waals surface area contributed by atoms with E-state index >= 15 is 0 Å². The van der Waals surface area contributed by atoms with Crippen molar-refractivity contribution in [2.45, 2.75) is 13.8 Å². The Hall–Kier alpha value is -0.0500. The van der Waals surface area contributed by atoms with E-state index in [1.807, 2.05) is 6.08 Å². The van der Waals surface area contributed by atoms with Gasteiger partial charge in [-0.25, -0.2) is 0 Å². The molecule has 0 radical (unpaired) electrons. The van der Waals surface area contributed by atoms with Crippen LogP contribution >= 0.6 is 22.6 Å². The minimum atomic E-state index is 1.07. The van der Waals surface area contributed by atoms with Crippen molar-refractivity contribution in [3.05, 3.63) is 36.0 Å². The molecule has 10 heavy (non-hydrogen) atoms. The van der Waals surface area contributed by atoms with Crippen LogP contribution in [0.15, 0.2) is 36.0 Å². The molecule has 0 fully saturated rings. The van der Waals surface area contributed by atoms with Crippen LogP contribution in [0.25, 0.3) is 0 Å². The summed E-state index contributed by atoms with van der Waals surface area (Å²) < 4.78 is 1.07. The van der Waals surface area contributed by atoms with Crippen LogP contribution in [0, 0.1) is 0 Å². The maximum Gasteiger partial charge on any atom is 0.0181 e. The number of hydrogen-bond acceptors (Lipinski definition) is 0. The first-order chi connectivity index (χ1) is 4.70. The van der Waals surface area contributed by atoms with Gasteiger partial charge < -0.3 is 0 Å². The molecule has 0 nitrogen and oxygen atoms in total. The van der Waals surface area contributed by atoms with Gasteiger partial charge in [-0.05, 0) is 13.8 Å². The van der Waals surface area contributed by atoms with Gasteiger partial charge in [0.15, 0.2) is 0 Å². The highest BCUT2D eigenvalue weighted by Crippen LogP contribution is 2.02. The van der Waals surface area contributed by atoms with E-state index in [-0.39, 0.29) is 0 Å². The smallest absolute Gasteiger partial charge is 0.0181 e. The van der Waals surface area contributed by atoms with Gasteiger partial charge in [-0.3, -0.25) is 0 Å². The van der Waals surface area contributed by atoms with Gasteiger partial charge in [0.1, 0.15) is 0 Å². The fourth-order valence-electron chi connectivity index (χ4n) is 0.599. The van der Waals surface area contributed by atoms with E-state index in [0.29, 0.717) is 0 Å². The van der Waals surface area contributed by atoms with Crippen LogP contribution in [-0.2, 0) is 0 Å². The zero-order chi connectivity index (χ0) is 7.98. The third kappa shape index (κ3) is 4.79. The number of halogens is 1. The lowest BCUT2D eigenvalue weighted by Gasteiger charge is -1.91.